The lowest BCUT2D eigenvalue weighted by molar-refractivity contribution is -0.144. The molecule has 1 amide bonds. The van der Waals surface area contributed by atoms with E-state index < -0.39 is 11.7 Å². The van der Waals surface area contributed by atoms with Crippen molar-refractivity contribution < 1.29 is 28.9 Å². The van der Waals surface area contributed by atoms with Crippen LogP contribution < -0.4 is 10.2 Å². The molecule has 1 spiro atoms. The van der Waals surface area contributed by atoms with E-state index in [9.17, 15) is 14.7 Å². The molecule has 3 atom stereocenters. The number of ether oxygens (including phenoxy) is 3. The van der Waals surface area contributed by atoms with Crippen molar-refractivity contribution in [1.82, 2.24) is 15.3 Å². The van der Waals surface area contributed by atoms with Crippen LogP contribution in [0, 0.1) is 11.3 Å². The molecule has 0 aromatic carbocycles. The summed E-state index contributed by atoms with van der Waals surface area (Å²) >= 11 is 1.41. The van der Waals surface area contributed by atoms with Crippen LogP contribution in [0.3, 0.4) is 0 Å². The van der Waals surface area contributed by atoms with Crippen LogP contribution in [0.5, 0.6) is 0 Å². The Morgan fingerprint density at radius 3 is 2.66 bits per heavy atom. The van der Waals surface area contributed by atoms with Crippen LogP contribution in [-0.2, 0) is 25.6 Å². The number of aliphatic hydroxyl groups excluding tert-OH is 1. The zero-order chi connectivity index (χ0) is 30.0. The van der Waals surface area contributed by atoms with Crippen molar-refractivity contribution >= 4 is 29.6 Å². The first-order valence-electron chi connectivity index (χ1n) is 15.1. The molecule has 1 aromatic heterocycles. The summed E-state index contributed by atoms with van der Waals surface area (Å²) in [5.41, 5.74) is -0.224. The number of hydrogen-bond acceptors (Lipinski definition) is 10. The highest BCUT2D eigenvalue weighted by atomic mass is 32.2. The Hall–Kier alpha value is -2.11. The molecular weight excluding hydrogens is 544 g/mol. The smallest absolute Gasteiger partial charge is 0.407 e. The second kappa shape index (κ2) is 15.4. The minimum Gasteiger partial charge on any atom is -0.465 e. The molecule has 2 N–H and O–H groups in total. The highest BCUT2D eigenvalue weighted by Gasteiger charge is 2.50. The van der Waals surface area contributed by atoms with E-state index in [2.05, 4.69) is 29.0 Å². The summed E-state index contributed by atoms with van der Waals surface area (Å²) < 4.78 is 17.0. The fraction of sp³-hybridized carbons (Fsp3) is 0.800. The van der Waals surface area contributed by atoms with Gasteiger partial charge in [-0.2, -0.15) is 0 Å². The number of thioether (sulfide) groups is 1. The average molecular weight is 595 g/mol. The Kier molecular flexibility index (Phi) is 12.5. The number of unbranched alkanes of at least 4 members (excludes halogenated alkanes) is 1. The van der Waals surface area contributed by atoms with Gasteiger partial charge in [0.1, 0.15) is 22.1 Å². The number of rotatable bonds is 13. The van der Waals surface area contributed by atoms with Gasteiger partial charge in [-0.05, 0) is 52.9 Å². The number of carbonyl (C=O) groups is 2. The number of carbonyl (C=O) groups excluding carboxylic acids is 2. The van der Waals surface area contributed by atoms with Crippen LogP contribution in [0.25, 0.3) is 0 Å². The normalized spacial score (nSPS) is 21.1. The lowest BCUT2D eigenvalue weighted by Gasteiger charge is -2.43. The zero-order valence-electron chi connectivity index (χ0n) is 25.7. The van der Waals surface area contributed by atoms with E-state index in [0.29, 0.717) is 41.4 Å². The number of nitrogens with one attached hydrogen (secondary N) is 1. The summed E-state index contributed by atoms with van der Waals surface area (Å²) in [5, 5.41) is 13.7. The molecule has 0 aliphatic carbocycles. The first-order valence-corrected chi connectivity index (χ1v) is 16.1. The first kappa shape index (κ1) is 33.4. The van der Waals surface area contributed by atoms with Crippen molar-refractivity contribution in [3.63, 3.8) is 0 Å². The molecule has 11 heteroatoms. The number of piperidine rings is 1. The minimum absolute atomic E-state index is 0.0995. The van der Waals surface area contributed by atoms with Crippen molar-refractivity contribution in [3.05, 3.63) is 11.9 Å². The van der Waals surface area contributed by atoms with Crippen LogP contribution in [0.15, 0.2) is 11.2 Å². The zero-order valence-corrected chi connectivity index (χ0v) is 26.6. The Bertz CT molecular complexity index is 996. The third-order valence-electron chi connectivity index (χ3n) is 8.03. The van der Waals surface area contributed by atoms with E-state index in [-0.39, 0.29) is 36.6 Å². The summed E-state index contributed by atoms with van der Waals surface area (Å²) in [6.07, 6.45) is 7.56. The summed E-state index contributed by atoms with van der Waals surface area (Å²) in [5.74, 6) is 1.46. The molecule has 10 nitrogen and oxygen atoms in total. The SMILES string of the molecule is CCCCC(CC)COC(=O)CCSc1ncc(N2CCC3(CC2)CO[C@@H](C)[C@H]3NC(=O)OC(C)(C)C)nc1CO. The fourth-order valence-corrected chi connectivity index (χ4v) is 6.38. The maximum atomic E-state index is 12.5. The van der Waals surface area contributed by atoms with Gasteiger partial charge >= 0.3 is 12.1 Å². The quantitative estimate of drug-likeness (QED) is 0.235. The summed E-state index contributed by atoms with van der Waals surface area (Å²) in [6.45, 7) is 14.2. The van der Waals surface area contributed by atoms with Crippen molar-refractivity contribution in [2.24, 2.45) is 11.3 Å². The Morgan fingerprint density at radius 2 is 2.02 bits per heavy atom. The number of alkyl carbamates (subject to hydrolysis) is 1. The van der Waals surface area contributed by atoms with Gasteiger partial charge in [-0.1, -0.05) is 33.1 Å². The summed E-state index contributed by atoms with van der Waals surface area (Å²) in [7, 11) is 0. The third-order valence-corrected chi connectivity index (χ3v) is 9.05. The number of aliphatic hydroxyl groups is 1. The van der Waals surface area contributed by atoms with Gasteiger partial charge < -0.3 is 29.5 Å². The molecule has 3 heterocycles. The van der Waals surface area contributed by atoms with Gasteiger partial charge in [0.15, 0.2) is 0 Å². The molecule has 2 fully saturated rings. The molecule has 3 rings (SSSR count). The van der Waals surface area contributed by atoms with Crippen LogP contribution in [-0.4, -0.2) is 76.9 Å². The number of esters is 1. The van der Waals surface area contributed by atoms with Crippen LogP contribution in [0.4, 0.5) is 10.6 Å². The molecule has 2 aliphatic rings. The molecule has 1 unspecified atom stereocenters. The van der Waals surface area contributed by atoms with Crippen molar-refractivity contribution in [2.45, 2.75) is 116 Å². The van der Waals surface area contributed by atoms with E-state index in [4.69, 9.17) is 19.2 Å². The number of amides is 1. The first-order chi connectivity index (χ1) is 19.5. The lowest BCUT2D eigenvalue weighted by Crippen LogP contribution is -2.55. The molecule has 41 heavy (non-hydrogen) atoms. The number of aromatic nitrogens is 2. The molecule has 0 bridgehead atoms. The van der Waals surface area contributed by atoms with Crippen molar-refractivity contribution in [3.8, 4) is 0 Å². The van der Waals surface area contributed by atoms with Gasteiger partial charge in [0.25, 0.3) is 0 Å². The Labute approximate surface area is 249 Å². The molecule has 232 valence electrons. The van der Waals surface area contributed by atoms with E-state index >= 15 is 0 Å². The van der Waals surface area contributed by atoms with Gasteiger partial charge in [-0.25, -0.2) is 14.8 Å². The van der Waals surface area contributed by atoms with E-state index in [0.717, 1.165) is 51.6 Å². The topological polar surface area (TPSA) is 123 Å². The largest absolute Gasteiger partial charge is 0.465 e. The van der Waals surface area contributed by atoms with Crippen LogP contribution in [0.1, 0.15) is 92.2 Å². The molecular formula is C30H50N4O6S. The van der Waals surface area contributed by atoms with Crippen LogP contribution in [0.2, 0.25) is 0 Å². The van der Waals surface area contributed by atoms with Gasteiger partial charge in [0.2, 0.25) is 0 Å². The summed E-state index contributed by atoms with van der Waals surface area (Å²) in [6, 6.07) is -0.131. The third kappa shape index (κ3) is 9.71. The monoisotopic (exact) mass is 594 g/mol. The van der Waals surface area contributed by atoms with E-state index in [1.165, 1.54) is 11.8 Å². The highest BCUT2D eigenvalue weighted by molar-refractivity contribution is 7.99. The van der Waals surface area contributed by atoms with E-state index in [1.807, 2.05) is 27.7 Å². The predicted octanol–water partition coefficient (Wildman–Crippen LogP) is 5.11. The average Bonchev–Trinajstić information content (AvgIpc) is 3.22. The number of anilines is 1. The molecule has 0 radical (unpaired) electrons. The summed E-state index contributed by atoms with van der Waals surface area (Å²) in [4.78, 5) is 36.2. The number of nitrogens with zero attached hydrogens (tertiary/aromatic N) is 3. The molecule has 1 aromatic rings. The second-order valence-corrected chi connectivity index (χ2v) is 13.4. The Morgan fingerprint density at radius 1 is 1.29 bits per heavy atom. The highest BCUT2D eigenvalue weighted by Crippen LogP contribution is 2.43. The van der Waals surface area contributed by atoms with Crippen molar-refractivity contribution in [2.75, 3.05) is 37.0 Å². The predicted molar refractivity (Wildman–Crippen MR) is 160 cm³/mol. The Balaban J connectivity index is 1.51. The fourth-order valence-electron chi connectivity index (χ4n) is 5.52. The van der Waals surface area contributed by atoms with Crippen molar-refractivity contribution in [1.29, 1.82) is 0 Å². The molecule has 0 saturated carbocycles. The molecule has 2 saturated heterocycles. The van der Waals surface area contributed by atoms with Gasteiger partial charge in [0.05, 0.1) is 44.6 Å². The minimum atomic E-state index is -0.563. The molecule has 2 aliphatic heterocycles. The second-order valence-electron chi connectivity index (χ2n) is 12.3. The van der Waals surface area contributed by atoms with Gasteiger partial charge in [-0.3, -0.25) is 4.79 Å². The van der Waals surface area contributed by atoms with Crippen LogP contribution >= 0.6 is 11.8 Å². The maximum Gasteiger partial charge on any atom is 0.407 e. The number of hydrogen-bond donors (Lipinski definition) is 2. The van der Waals surface area contributed by atoms with Gasteiger partial charge in [-0.15, -0.1) is 11.8 Å². The lowest BCUT2D eigenvalue weighted by atomic mass is 9.73. The standard InChI is InChI=1S/C30H50N4O6S/c1-7-9-10-22(8-2)19-38-25(36)11-16-41-27-23(18-35)32-24(17-31-27)34-14-12-30(13-15-34)20-39-21(3)26(30)33-28(37)40-29(4,5)6/h17,21-22,26,35H,7-16,18-20H2,1-6H3,(H,33,37)/t21-,22?,26+/m0/s1. The van der Waals surface area contributed by atoms with Gasteiger partial charge in [0, 0.05) is 24.3 Å². The van der Waals surface area contributed by atoms with E-state index in [1.54, 1.807) is 6.20 Å². The maximum absolute atomic E-state index is 12.5.